The molecular weight excluding hydrogens is 611 g/mol. The van der Waals surface area contributed by atoms with Gasteiger partial charge in [-0.3, -0.25) is 14.5 Å². The van der Waals surface area contributed by atoms with Crippen molar-refractivity contribution in [3.8, 4) is 11.5 Å². The molecule has 0 atom stereocenters. The van der Waals surface area contributed by atoms with Crippen LogP contribution in [0.2, 0.25) is 0 Å². The zero-order valence-corrected chi connectivity index (χ0v) is 26.1. The Labute approximate surface area is 255 Å². The van der Waals surface area contributed by atoms with Crippen LogP contribution in [-0.2, 0) is 39.7 Å². The molecular formula is C30H31FN4O7S2. The van der Waals surface area contributed by atoms with E-state index >= 15 is 0 Å². The lowest BCUT2D eigenvalue weighted by molar-refractivity contribution is 0.0762. The van der Waals surface area contributed by atoms with E-state index in [1.165, 1.54) is 38.2 Å². The van der Waals surface area contributed by atoms with Crippen molar-refractivity contribution in [3.63, 3.8) is 0 Å². The van der Waals surface area contributed by atoms with Crippen LogP contribution < -0.4 is 14.2 Å². The van der Waals surface area contributed by atoms with Crippen LogP contribution in [0.25, 0.3) is 10.9 Å². The molecule has 14 heteroatoms. The van der Waals surface area contributed by atoms with E-state index in [9.17, 15) is 26.0 Å². The van der Waals surface area contributed by atoms with Crippen LogP contribution in [0.15, 0.2) is 65.7 Å². The number of aromatic nitrogens is 1. The average Bonchev–Trinajstić information content (AvgIpc) is 3.33. The Hall–Kier alpha value is -4.27. The third kappa shape index (κ3) is 5.92. The number of rotatable bonds is 11. The minimum absolute atomic E-state index is 0.0681. The van der Waals surface area contributed by atoms with Crippen LogP contribution in [-0.4, -0.2) is 63.9 Å². The Balaban J connectivity index is 1.63. The number of ether oxygens (including phenoxy) is 2. The van der Waals surface area contributed by atoms with Gasteiger partial charge in [0.05, 0.1) is 29.0 Å². The topological polar surface area (TPSA) is 135 Å². The number of amides is 1. The van der Waals surface area contributed by atoms with Crippen LogP contribution in [0.1, 0.15) is 34.0 Å². The number of anilines is 1. The lowest BCUT2D eigenvalue weighted by atomic mass is 10.0. The lowest BCUT2D eigenvalue weighted by Gasteiger charge is -2.20. The van der Waals surface area contributed by atoms with Gasteiger partial charge in [0, 0.05) is 44.3 Å². The van der Waals surface area contributed by atoms with Crippen LogP contribution >= 0.6 is 0 Å². The predicted molar refractivity (Wildman–Crippen MR) is 163 cm³/mol. The Morgan fingerprint density at radius 1 is 1.07 bits per heavy atom. The first-order valence-corrected chi connectivity index (χ1v) is 16.7. The summed E-state index contributed by atoms with van der Waals surface area (Å²) in [5, 5.41) is 0.431. The number of hydrogen-bond acceptors (Lipinski definition) is 8. The van der Waals surface area contributed by atoms with Crippen molar-refractivity contribution in [3.05, 3.63) is 88.9 Å². The number of sulfonamides is 2. The van der Waals surface area contributed by atoms with E-state index in [0.29, 0.717) is 16.7 Å². The quantitative estimate of drug-likeness (QED) is 0.258. The first kappa shape index (κ1) is 31.2. The van der Waals surface area contributed by atoms with Gasteiger partial charge < -0.3 is 14.4 Å². The van der Waals surface area contributed by atoms with Crippen molar-refractivity contribution < 1.29 is 35.5 Å². The van der Waals surface area contributed by atoms with Gasteiger partial charge in [0.1, 0.15) is 23.7 Å². The SMILES string of the molecule is CCS(=O)(=O)Nc1c2c(c(OCc3ccc(OC)cc3)c3ncccc13)C(=O)N(Cc1ccc(F)cc1S(=O)(=O)N(C)C)C2. The summed E-state index contributed by atoms with van der Waals surface area (Å²) in [7, 11) is -3.62. The van der Waals surface area contributed by atoms with Crippen LogP contribution in [0.4, 0.5) is 10.1 Å². The maximum atomic E-state index is 14.2. The molecule has 0 radical (unpaired) electrons. The second-order valence-electron chi connectivity index (χ2n) is 10.3. The fourth-order valence-corrected chi connectivity index (χ4v) is 6.73. The largest absolute Gasteiger partial charge is 0.497 e. The third-order valence-electron chi connectivity index (χ3n) is 7.30. The maximum Gasteiger partial charge on any atom is 0.258 e. The summed E-state index contributed by atoms with van der Waals surface area (Å²) in [5.41, 5.74) is 1.92. The molecule has 1 N–H and O–H groups in total. The van der Waals surface area contributed by atoms with E-state index in [1.54, 1.807) is 31.4 Å². The molecule has 0 unspecified atom stereocenters. The Morgan fingerprint density at radius 3 is 2.45 bits per heavy atom. The van der Waals surface area contributed by atoms with Crippen molar-refractivity contribution >= 4 is 42.5 Å². The molecule has 4 aromatic rings. The van der Waals surface area contributed by atoms with Crippen LogP contribution in [0, 0.1) is 5.82 Å². The molecule has 0 aliphatic carbocycles. The number of hydrogen-bond donors (Lipinski definition) is 1. The van der Waals surface area contributed by atoms with E-state index in [1.807, 2.05) is 12.1 Å². The first-order chi connectivity index (χ1) is 20.9. The second kappa shape index (κ2) is 12.0. The number of pyridine rings is 1. The van der Waals surface area contributed by atoms with Crippen LogP contribution in [0.3, 0.4) is 0 Å². The number of halogens is 1. The van der Waals surface area contributed by atoms with Gasteiger partial charge in [-0.15, -0.1) is 0 Å². The summed E-state index contributed by atoms with van der Waals surface area (Å²) < 4.78 is 80.9. The summed E-state index contributed by atoms with van der Waals surface area (Å²) in [6.07, 6.45) is 1.52. The number of carbonyl (C=O) groups excluding carboxylic acids is 1. The van der Waals surface area contributed by atoms with Crippen molar-refractivity contribution in [2.75, 3.05) is 31.7 Å². The van der Waals surface area contributed by atoms with Gasteiger partial charge in [-0.25, -0.2) is 25.5 Å². The molecule has 0 saturated heterocycles. The minimum Gasteiger partial charge on any atom is -0.497 e. The highest BCUT2D eigenvalue weighted by atomic mass is 32.2. The zero-order valence-electron chi connectivity index (χ0n) is 24.5. The lowest BCUT2D eigenvalue weighted by Crippen LogP contribution is -2.27. The summed E-state index contributed by atoms with van der Waals surface area (Å²) >= 11 is 0. The number of methoxy groups -OCH3 is 1. The average molecular weight is 643 g/mol. The van der Waals surface area contributed by atoms with Crippen molar-refractivity contribution in [2.24, 2.45) is 0 Å². The molecule has 44 heavy (non-hydrogen) atoms. The highest BCUT2D eigenvalue weighted by Gasteiger charge is 2.37. The summed E-state index contributed by atoms with van der Waals surface area (Å²) in [4.78, 5) is 19.7. The summed E-state index contributed by atoms with van der Waals surface area (Å²) in [5.74, 6) is -0.645. The number of nitrogens with zero attached hydrogens (tertiary/aromatic N) is 3. The molecule has 2 heterocycles. The number of carbonyl (C=O) groups is 1. The van der Waals surface area contributed by atoms with Gasteiger partial charge >= 0.3 is 0 Å². The molecule has 3 aromatic carbocycles. The summed E-state index contributed by atoms with van der Waals surface area (Å²) in [6, 6.07) is 13.9. The minimum atomic E-state index is -4.06. The van der Waals surface area contributed by atoms with E-state index < -0.39 is 31.8 Å². The highest BCUT2D eigenvalue weighted by molar-refractivity contribution is 7.92. The molecule has 1 amide bonds. The standard InChI is InChI=1S/C30H31FN4O7S2/c1-5-43(37,38)33-27-23-7-6-14-32-28(23)29(42-18-19-8-12-22(41-4)13-9-19)26-24(27)17-35(30(26)36)16-20-10-11-21(31)15-25(20)44(39,40)34(2)3/h6-15,33H,5,16-18H2,1-4H3. The fraction of sp³-hybridized carbons (Fsp3) is 0.267. The van der Waals surface area contributed by atoms with Crippen LogP contribution in [0.5, 0.6) is 11.5 Å². The van der Waals surface area contributed by atoms with Gasteiger partial charge in [-0.1, -0.05) is 18.2 Å². The number of fused-ring (bicyclic) bond motifs is 2. The second-order valence-corrected chi connectivity index (χ2v) is 14.4. The highest BCUT2D eigenvalue weighted by Crippen LogP contribution is 2.44. The van der Waals surface area contributed by atoms with Crippen molar-refractivity contribution in [2.45, 2.75) is 31.5 Å². The van der Waals surface area contributed by atoms with Gasteiger partial charge in [0.25, 0.3) is 5.91 Å². The molecule has 11 nitrogen and oxygen atoms in total. The zero-order chi connectivity index (χ0) is 31.8. The molecule has 0 spiro atoms. The van der Waals surface area contributed by atoms with E-state index in [0.717, 1.165) is 22.0 Å². The summed E-state index contributed by atoms with van der Waals surface area (Å²) in [6.45, 7) is 1.29. The number of nitrogens with one attached hydrogen (secondary N) is 1. The Morgan fingerprint density at radius 2 is 1.80 bits per heavy atom. The molecule has 1 aromatic heterocycles. The molecule has 5 rings (SSSR count). The fourth-order valence-electron chi connectivity index (χ4n) is 4.93. The van der Waals surface area contributed by atoms with Crippen molar-refractivity contribution in [1.29, 1.82) is 0 Å². The number of benzene rings is 3. The van der Waals surface area contributed by atoms with Gasteiger partial charge in [0.2, 0.25) is 20.0 Å². The predicted octanol–water partition coefficient (Wildman–Crippen LogP) is 4.13. The maximum absolute atomic E-state index is 14.2. The monoisotopic (exact) mass is 642 g/mol. The molecule has 1 aliphatic heterocycles. The van der Waals surface area contributed by atoms with Crippen molar-refractivity contribution in [1.82, 2.24) is 14.2 Å². The molecule has 0 fully saturated rings. The van der Waals surface area contributed by atoms with Gasteiger partial charge in [-0.2, -0.15) is 0 Å². The van der Waals surface area contributed by atoms with Gasteiger partial charge in [0.15, 0.2) is 5.75 Å². The molecule has 0 saturated carbocycles. The first-order valence-electron chi connectivity index (χ1n) is 13.6. The molecule has 232 valence electrons. The van der Waals surface area contributed by atoms with E-state index in [2.05, 4.69) is 9.71 Å². The third-order valence-corrected chi connectivity index (χ3v) is 10.5. The van der Waals surface area contributed by atoms with Gasteiger partial charge in [-0.05, 0) is 54.4 Å². The normalized spacial score (nSPS) is 13.4. The Bertz CT molecular complexity index is 1970. The molecule has 0 bridgehead atoms. The van der Waals surface area contributed by atoms with E-state index in [-0.39, 0.29) is 58.4 Å². The Kier molecular flexibility index (Phi) is 8.51. The smallest absolute Gasteiger partial charge is 0.258 e. The van der Waals surface area contributed by atoms with E-state index in [4.69, 9.17) is 9.47 Å². The molecule has 1 aliphatic rings.